The molecule has 0 spiro atoms. The van der Waals surface area contributed by atoms with Crippen molar-refractivity contribution in [1.82, 2.24) is 15.2 Å². The third-order valence-corrected chi connectivity index (χ3v) is 4.77. The maximum Gasteiger partial charge on any atom is 0.213 e. The number of nitrogens with one attached hydrogen (secondary N) is 1. The van der Waals surface area contributed by atoms with Gasteiger partial charge in [-0.05, 0) is 37.6 Å². The van der Waals surface area contributed by atoms with Gasteiger partial charge in [0.1, 0.15) is 17.3 Å². The van der Waals surface area contributed by atoms with Gasteiger partial charge in [0.05, 0.1) is 18.4 Å². The van der Waals surface area contributed by atoms with Crippen LogP contribution in [0.25, 0.3) is 28.3 Å². The van der Waals surface area contributed by atoms with Gasteiger partial charge in [-0.25, -0.2) is 4.98 Å². The topological polar surface area (TPSA) is 124 Å². The van der Waals surface area contributed by atoms with E-state index in [4.69, 9.17) is 14.9 Å². The molecule has 2 aromatic heterocycles. The first-order valence-corrected chi connectivity index (χ1v) is 9.83. The number of oxazole rings is 1. The molecule has 0 amide bonds. The summed E-state index contributed by atoms with van der Waals surface area (Å²) in [5, 5.41) is 6.77. The number of H-pyrrole nitrogens is 1. The van der Waals surface area contributed by atoms with Gasteiger partial charge in [-0.1, -0.05) is 43.0 Å². The largest absolute Gasteiger partial charge is 0.494 e. The average molecular weight is 432 g/mol. The SMILES string of the molecule is C=Cc1[nH]nc(N)c1-c1ccccc1.COc1cccc2oc(C(C(C)=O)C(C)=O)nc12. The number of nitrogens with two attached hydrogens (primary N) is 1. The van der Waals surface area contributed by atoms with Crippen molar-refractivity contribution in [3.63, 3.8) is 0 Å². The summed E-state index contributed by atoms with van der Waals surface area (Å²) in [7, 11) is 1.52. The van der Waals surface area contributed by atoms with Crippen molar-refractivity contribution in [2.24, 2.45) is 0 Å². The van der Waals surface area contributed by atoms with E-state index in [1.165, 1.54) is 21.0 Å². The normalized spacial score (nSPS) is 10.5. The minimum absolute atomic E-state index is 0.120. The summed E-state index contributed by atoms with van der Waals surface area (Å²) in [5.41, 5.74) is 9.59. The van der Waals surface area contributed by atoms with Crippen LogP contribution in [0.3, 0.4) is 0 Å². The number of carbonyl (C=O) groups is 2. The smallest absolute Gasteiger partial charge is 0.213 e. The van der Waals surface area contributed by atoms with E-state index in [-0.39, 0.29) is 17.5 Å². The Morgan fingerprint density at radius 2 is 1.81 bits per heavy atom. The zero-order chi connectivity index (χ0) is 23.3. The van der Waals surface area contributed by atoms with Crippen molar-refractivity contribution in [2.75, 3.05) is 12.8 Å². The van der Waals surface area contributed by atoms with Crippen molar-refractivity contribution in [1.29, 1.82) is 0 Å². The molecule has 8 heteroatoms. The molecule has 0 saturated carbocycles. The van der Waals surface area contributed by atoms with Gasteiger partial charge in [0, 0.05) is 0 Å². The second-order valence-electron chi connectivity index (χ2n) is 6.98. The number of ether oxygens (including phenoxy) is 1. The summed E-state index contributed by atoms with van der Waals surface area (Å²) in [6.07, 6.45) is 1.71. The number of carbonyl (C=O) groups excluding carboxylic acids is 2. The quantitative estimate of drug-likeness (QED) is 0.433. The molecule has 0 radical (unpaired) electrons. The minimum atomic E-state index is -0.942. The van der Waals surface area contributed by atoms with Crippen LogP contribution in [-0.2, 0) is 9.59 Å². The molecule has 0 aliphatic heterocycles. The number of ketones is 2. The Bertz CT molecular complexity index is 1240. The Morgan fingerprint density at radius 1 is 1.12 bits per heavy atom. The zero-order valence-corrected chi connectivity index (χ0v) is 18.1. The number of rotatable bonds is 6. The zero-order valence-electron chi connectivity index (χ0n) is 18.1. The minimum Gasteiger partial charge on any atom is -0.494 e. The predicted octanol–water partition coefficient (Wildman–Crippen LogP) is 4.40. The molecular formula is C24H24N4O4. The Balaban J connectivity index is 0.000000186. The van der Waals surface area contributed by atoms with Crippen molar-refractivity contribution in [2.45, 2.75) is 19.8 Å². The van der Waals surface area contributed by atoms with Crippen LogP contribution in [0.2, 0.25) is 0 Å². The van der Waals surface area contributed by atoms with E-state index in [1.807, 2.05) is 30.3 Å². The van der Waals surface area contributed by atoms with Gasteiger partial charge < -0.3 is 14.9 Å². The maximum atomic E-state index is 11.5. The number of benzene rings is 2. The summed E-state index contributed by atoms with van der Waals surface area (Å²) in [5.74, 6) is -0.336. The maximum absolute atomic E-state index is 11.5. The van der Waals surface area contributed by atoms with Crippen LogP contribution >= 0.6 is 0 Å². The first-order chi connectivity index (χ1) is 15.4. The van der Waals surface area contributed by atoms with Crippen LogP contribution in [0.1, 0.15) is 31.4 Å². The van der Waals surface area contributed by atoms with Gasteiger partial charge in [0.25, 0.3) is 0 Å². The van der Waals surface area contributed by atoms with Crippen LogP contribution in [0.15, 0.2) is 59.5 Å². The van der Waals surface area contributed by atoms with E-state index >= 15 is 0 Å². The molecule has 8 nitrogen and oxygen atoms in total. The van der Waals surface area contributed by atoms with E-state index in [9.17, 15) is 9.59 Å². The van der Waals surface area contributed by atoms with Crippen molar-refractivity contribution in [3.8, 4) is 16.9 Å². The number of aromatic nitrogens is 3. The van der Waals surface area contributed by atoms with Gasteiger partial charge in [-0.2, -0.15) is 5.10 Å². The van der Waals surface area contributed by atoms with Crippen LogP contribution in [0.5, 0.6) is 5.75 Å². The molecule has 0 aliphatic rings. The summed E-state index contributed by atoms with van der Waals surface area (Å²) >= 11 is 0. The van der Waals surface area contributed by atoms with Crippen LogP contribution < -0.4 is 10.5 Å². The molecule has 0 fully saturated rings. The Labute approximate surface area is 185 Å². The second-order valence-corrected chi connectivity index (χ2v) is 6.98. The Hall–Kier alpha value is -4.20. The molecule has 0 bridgehead atoms. The van der Waals surface area contributed by atoms with Gasteiger partial charge in [0.2, 0.25) is 5.89 Å². The van der Waals surface area contributed by atoms with Crippen molar-refractivity contribution < 1.29 is 18.7 Å². The standard InChI is InChI=1S/C13H13NO4.C11H11N3/c1-7(15)11(8(2)16)13-14-12-9(17-3)5-4-6-10(12)18-13;1-2-9-10(11(12)14-13-9)8-6-4-3-5-7-8/h4-6,11H,1-3H3;2-7H,1H2,(H3,12,13,14). The van der Waals surface area contributed by atoms with E-state index in [2.05, 4.69) is 21.8 Å². The molecule has 2 heterocycles. The van der Waals surface area contributed by atoms with Crippen LogP contribution in [-0.4, -0.2) is 33.9 Å². The fourth-order valence-corrected chi connectivity index (χ4v) is 3.29. The number of nitrogen functional groups attached to an aromatic ring is 1. The fraction of sp³-hybridized carbons (Fsp3) is 0.167. The summed E-state index contributed by atoms with van der Waals surface area (Å²) < 4.78 is 10.6. The monoisotopic (exact) mass is 432 g/mol. The van der Waals surface area contributed by atoms with Gasteiger partial charge >= 0.3 is 0 Å². The number of aromatic amines is 1. The number of hydrogen-bond acceptors (Lipinski definition) is 7. The van der Waals surface area contributed by atoms with Gasteiger partial charge in [-0.3, -0.25) is 14.7 Å². The number of anilines is 1. The van der Waals surface area contributed by atoms with Crippen LogP contribution in [0.4, 0.5) is 5.82 Å². The number of nitrogens with zero attached hydrogens (tertiary/aromatic N) is 2. The van der Waals surface area contributed by atoms with E-state index < -0.39 is 5.92 Å². The van der Waals surface area contributed by atoms with Crippen molar-refractivity contribution in [3.05, 3.63) is 66.7 Å². The first-order valence-electron chi connectivity index (χ1n) is 9.83. The van der Waals surface area contributed by atoms with Crippen molar-refractivity contribution >= 4 is 34.6 Å². The molecule has 164 valence electrons. The highest BCUT2D eigenvalue weighted by Gasteiger charge is 2.28. The molecule has 0 unspecified atom stereocenters. The van der Waals surface area contributed by atoms with E-state index in [0.717, 1.165) is 16.8 Å². The molecule has 3 N–H and O–H groups in total. The highest BCUT2D eigenvalue weighted by Crippen LogP contribution is 2.29. The fourth-order valence-electron chi connectivity index (χ4n) is 3.29. The Morgan fingerprint density at radius 3 is 2.41 bits per heavy atom. The lowest BCUT2D eigenvalue weighted by atomic mass is 10.0. The molecular weight excluding hydrogens is 408 g/mol. The number of methoxy groups -OCH3 is 1. The molecule has 0 aliphatic carbocycles. The second kappa shape index (κ2) is 9.74. The third-order valence-electron chi connectivity index (χ3n) is 4.77. The molecule has 32 heavy (non-hydrogen) atoms. The molecule has 2 aromatic carbocycles. The van der Waals surface area contributed by atoms with Gasteiger partial charge in [0.15, 0.2) is 22.8 Å². The lowest BCUT2D eigenvalue weighted by molar-refractivity contribution is -0.127. The summed E-state index contributed by atoms with van der Waals surface area (Å²) in [6, 6.07) is 15.1. The molecule has 4 aromatic rings. The van der Waals surface area contributed by atoms with E-state index in [1.54, 1.807) is 24.3 Å². The number of Topliss-reactive ketones (excluding diaryl/α,β-unsaturated/α-hetero) is 2. The van der Waals surface area contributed by atoms with Crippen LogP contribution in [0, 0.1) is 0 Å². The predicted molar refractivity (Wildman–Crippen MR) is 123 cm³/mol. The number of fused-ring (bicyclic) bond motifs is 1. The Kier molecular flexibility index (Phi) is 6.84. The molecule has 0 saturated heterocycles. The average Bonchev–Trinajstić information content (AvgIpc) is 3.37. The lowest BCUT2D eigenvalue weighted by Gasteiger charge is -2.03. The number of hydrogen-bond donors (Lipinski definition) is 2. The first kappa shape index (κ1) is 22.5. The van der Waals surface area contributed by atoms with E-state index in [0.29, 0.717) is 22.7 Å². The summed E-state index contributed by atoms with van der Waals surface area (Å²) in [4.78, 5) is 27.1. The highest BCUT2D eigenvalue weighted by molar-refractivity contribution is 6.05. The third kappa shape index (κ3) is 4.59. The number of para-hydroxylation sites is 1. The highest BCUT2D eigenvalue weighted by atomic mass is 16.5. The summed E-state index contributed by atoms with van der Waals surface area (Å²) in [6.45, 7) is 6.39. The van der Waals surface area contributed by atoms with Gasteiger partial charge in [-0.15, -0.1) is 0 Å². The molecule has 0 atom stereocenters. The lowest BCUT2D eigenvalue weighted by Crippen LogP contribution is -2.17. The molecule has 4 rings (SSSR count).